The van der Waals surface area contributed by atoms with Gasteiger partial charge in [0, 0.05) is 5.56 Å². The van der Waals surface area contributed by atoms with E-state index >= 15 is 0 Å². The highest BCUT2D eigenvalue weighted by Gasteiger charge is 2.09. The summed E-state index contributed by atoms with van der Waals surface area (Å²) in [7, 11) is 1.57. The van der Waals surface area contributed by atoms with E-state index in [2.05, 4.69) is 6.92 Å². The maximum atomic E-state index is 11.2. The summed E-state index contributed by atoms with van der Waals surface area (Å²) in [6, 6.07) is 5.03. The van der Waals surface area contributed by atoms with Crippen LogP contribution in [0.4, 0.5) is 0 Å². The highest BCUT2D eigenvalue weighted by atomic mass is 35.5. The van der Waals surface area contributed by atoms with Crippen LogP contribution in [0, 0.1) is 0 Å². The molecule has 0 fully saturated rings. The van der Waals surface area contributed by atoms with Crippen LogP contribution in [-0.2, 0) is 0 Å². The Morgan fingerprint density at radius 3 is 1.75 bits per heavy atom. The van der Waals surface area contributed by atoms with Crippen molar-refractivity contribution in [1.29, 1.82) is 0 Å². The Bertz CT molecular complexity index is 531. The van der Waals surface area contributed by atoms with Crippen molar-refractivity contribution in [2.75, 3.05) is 13.7 Å². The van der Waals surface area contributed by atoms with Crippen LogP contribution < -0.4 is 9.47 Å². The topological polar surface area (TPSA) is 35.5 Å². The molecular formula is C24H39ClO3. The Morgan fingerprint density at radius 2 is 1.29 bits per heavy atom. The molecule has 0 saturated carbocycles. The van der Waals surface area contributed by atoms with Crippen molar-refractivity contribution in [3.8, 4) is 11.5 Å². The molecule has 1 aromatic carbocycles. The second-order valence-corrected chi connectivity index (χ2v) is 7.93. The standard InChI is InChI=1S/C24H39ClO3/c1-3-4-5-6-7-8-9-10-11-12-13-14-15-16-19-28-22-18-17-21(24(25)26)20-23(22)27-2/h17-18,20H,3-16,19H2,1-2H3. The van der Waals surface area contributed by atoms with Gasteiger partial charge in [-0.1, -0.05) is 90.4 Å². The van der Waals surface area contributed by atoms with E-state index in [-0.39, 0.29) is 0 Å². The number of methoxy groups -OCH3 is 1. The van der Waals surface area contributed by atoms with Crippen LogP contribution in [0.1, 0.15) is 107 Å². The highest BCUT2D eigenvalue weighted by Crippen LogP contribution is 2.29. The number of carbonyl (C=O) groups excluding carboxylic acids is 1. The Morgan fingerprint density at radius 1 is 0.786 bits per heavy atom. The quantitative estimate of drug-likeness (QED) is 0.182. The summed E-state index contributed by atoms with van der Waals surface area (Å²) in [5.74, 6) is 1.22. The molecule has 0 spiro atoms. The molecule has 3 nitrogen and oxygen atoms in total. The van der Waals surface area contributed by atoms with E-state index in [0.29, 0.717) is 23.7 Å². The van der Waals surface area contributed by atoms with Crippen LogP contribution in [0.2, 0.25) is 0 Å². The second kappa shape index (κ2) is 16.7. The molecule has 0 N–H and O–H groups in total. The predicted octanol–water partition coefficient (Wildman–Crippen LogP) is 7.93. The van der Waals surface area contributed by atoms with Gasteiger partial charge in [0.1, 0.15) is 0 Å². The third-order valence-corrected chi connectivity index (χ3v) is 5.36. The molecule has 0 aliphatic rings. The summed E-state index contributed by atoms with van der Waals surface area (Å²) in [5.41, 5.74) is 0.419. The van der Waals surface area contributed by atoms with Crippen LogP contribution in [0.5, 0.6) is 11.5 Å². The fourth-order valence-electron chi connectivity index (χ4n) is 3.39. The molecule has 28 heavy (non-hydrogen) atoms. The van der Waals surface area contributed by atoms with Crippen molar-refractivity contribution in [2.24, 2.45) is 0 Å². The second-order valence-electron chi connectivity index (χ2n) is 7.58. The highest BCUT2D eigenvalue weighted by molar-refractivity contribution is 6.67. The number of halogens is 1. The minimum absolute atomic E-state index is 0.419. The summed E-state index contributed by atoms with van der Waals surface area (Å²) >= 11 is 5.49. The molecule has 160 valence electrons. The molecule has 0 aromatic heterocycles. The van der Waals surface area contributed by atoms with Gasteiger partial charge in [0.2, 0.25) is 0 Å². The van der Waals surface area contributed by atoms with Gasteiger partial charge in [0.05, 0.1) is 13.7 Å². The number of unbranched alkanes of at least 4 members (excludes halogenated alkanes) is 13. The number of carbonyl (C=O) groups is 1. The molecule has 0 bridgehead atoms. The van der Waals surface area contributed by atoms with E-state index in [1.807, 2.05) is 0 Å². The SMILES string of the molecule is CCCCCCCCCCCCCCCCOc1ccc(C(=O)Cl)cc1OC. The number of rotatable bonds is 18. The first kappa shape index (κ1) is 24.8. The summed E-state index contributed by atoms with van der Waals surface area (Å²) in [6.07, 6.45) is 18.8. The molecular weight excluding hydrogens is 372 g/mol. The normalized spacial score (nSPS) is 10.8. The van der Waals surface area contributed by atoms with Crippen LogP contribution >= 0.6 is 11.6 Å². The third-order valence-electron chi connectivity index (χ3n) is 5.15. The van der Waals surface area contributed by atoms with Crippen LogP contribution in [0.25, 0.3) is 0 Å². The Hall–Kier alpha value is -1.22. The third kappa shape index (κ3) is 11.6. The van der Waals surface area contributed by atoms with Crippen LogP contribution in [0.15, 0.2) is 18.2 Å². The molecule has 0 amide bonds. The first-order valence-corrected chi connectivity index (χ1v) is 11.6. The number of hydrogen-bond acceptors (Lipinski definition) is 3. The molecule has 1 aromatic rings. The maximum Gasteiger partial charge on any atom is 0.252 e. The monoisotopic (exact) mass is 410 g/mol. The first-order valence-electron chi connectivity index (χ1n) is 11.2. The summed E-state index contributed by atoms with van der Waals surface area (Å²) in [5, 5.41) is -0.489. The van der Waals surface area contributed by atoms with Gasteiger partial charge in [0.15, 0.2) is 11.5 Å². The van der Waals surface area contributed by atoms with Crippen molar-refractivity contribution in [3.63, 3.8) is 0 Å². The minimum Gasteiger partial charge on any atom is -0.493 e. The lowest BCUT2D eigenvalue weighted by Gasteiger charge is -2.11. The summed E-state index contributed by atoms with van der Waals surface area (Å²) in [4.78, 5) is 11.2. The van der Waals surface area contributed by atoms with Crippen molar-refractivity contribution in [2.45, 2.75) is 96.8 Å². The van der Waals surface area contributed by atoms with E-state index < -0.39 is 5.24 Å². The van der Waals surface area contributed by atoms with E-state index in [1.54, 1.807) is 25.3 Å². The average Bonchev–Trinajstić information content (AvgIpc) is 2.70. The number of hydrogen-bond donors (Lipinski definition) is 0. The van der Waals surface area contributed by atoms with E-state index in [0.717, 1.165) is 6.42 Å². The van der Waals surface area contributed by atoms with Gasteiger partial charge in [-0.15, -0.1) is 0 Å². The smallest absolute Gasteiger partial charge is 0.252 e. The van der Waals surface area contributed by atoms with Crippen molar-refractivity contribution >= 4 is 16.8 Å². The van der Waals surface area contributed by atoms with Gasteiger partial charge in [-0.25, -0.2) is 0 Å². The van der Waals surface area contributed by atoms with Gasteiger partial charge >= 0.3 is 0 Å². The Kier molecular flexibility index (Phi) is 14.8. The van der Waals surface area contributed by atoms with Crippen molar-refractivity contribution < 1.29 is 14.3 Å². The van der Waals surface area contributed by atoms with Gasteiger partial charge in [-0.05, 0) is 36.2 Å². The van der Waals surface area contributed by atoms with E-state index in [9.17, 15) is 4.79 Å². The van der Waals surface area contributed by atoms with Gasteiger partial charge in [-0.3, -0.25) is 4.79 Å². The van der Waals surface area contributed by atoms with Crippen molar-refractivity contribution in [1.82, 2.24) is 0 Å². The zero-order valence-corrected chi connectivity index (χ0v) is 18.7. The molecule has 4 heteroatoms. The average molecular weight is 411 g/mol. The number of benzene rings is 1. The lowest BCUT2D eigenvalue weighted by molar-refractivity contribution is 0.108. The molecule has 0 radical (unpaired) electrons. The Labute approximate surface area is 177 Å². The molecule has 0 aliphatic carbocycles. The minimum atomic E-state index is -0.489. The summed E-state index contributed by atoms with van der Waals surface area (Å²) in [6.45, 7) is 2.94. The Balaban J connectivity index is 1.96. The van der Waals surface area contributed by atoms with Gasteiger partial charge < -0.3 is 9.47 Å². The zero-order chi connectivity index (χ0) is 20.5. The molecule has 0 saturated heterocycles. The molecule has 0 heterocycles. The zero-order valence-electron chi connectivity index (χ0n) is 17.9. The lowest BCUT2D eigenvalue weighted by atomic mass is 10.0. The number of ether oxygens (including phenoxy) is 2. The largest absolute Gasteiger partial charge is 0.493 e. The van der Waals surface area contributed by atoms with Gasteiger partial charge in [-0.2, -0.15) is 0 Å². The van der Waals surface area contributed by atoms with Gasteiger partial charge in [0.25, 0.3) is 5.24 Å². The molecule has 1 rings (SSSR count). The fourth-order valence-corrected chi connectivity index (χ4v) is 3.51. The van der Waals surface area contributed by atoms with Crippen molar-refractivity contribution in [3.05, 3.63) is 23.8 Å². The molecule has 0 atom stereocenters. The predicted molar refractivity (Wildman–Crippen MR) is 119 cm³/mol. The first-order chi connectivity index (χ1) is 13.7. The fraction of sp³-hybridized carbons (Fsp3) is 0.708. The molecule has 0 aliphatic heterocycles. The van der Waals surface area contributed by atoms with Crippen LogP contribution in [-0.4, -0.2) is 19.0 Å². The van der Waals surface area contributed by atoms with Crippen LogP contribution in [0.3, 0.4) is 0 Å². The van der Waals surface area contributed by atoms with E-state index in [1.165, 1.54) is 83.5 Å². The lowest BCUT2D eigenvalue weighted by Crippen LogP contribution is -2.00. The maximum absolute atomic E-state index is 11.2. The molecule has 0 unspecified atom stereocenters. The van der Waals surface area contributed by atoms with E-state index in [4.69, 9.17) is 21.1 Å². The summed E-state index contributed by atoms with van der Waals surface area (Å²) < 4.78 is 11.1.